The molecular formula is C21H15N5O4. The van der Waals surface area contributed by atoms with Gasteiger partial charge in [-0.05, 0) is 42.5 Å². The molecule has 0 aliphatic carbocycles. The third kappa shape index (κ3) is 3.59. The molecule has 9 heteroatoms. The van der Waals surface area contributed by atoms with Gasteiger partial charge in [-0.1, -0.05) is 24.3 Å². The maximum Gasteiger partial charge on any atom is 0.333 e. The lowest BCUT2D eigenvalue weighted by Crippen LogP contribution is -2.42. The van der Waals surface area contributed by atoms with Crippen LogP contribution in [0.1, 0.15) is 20.8 Å². The molecule has 4 rings (SSSR count). The number of nitrogens with one attached hydrogen (secondary N) is 3. The molecule has 4 aromatic rings. The zero-order chi connectivity index (χ0) is 21.1. The van der Waals surface area contributed by atoms with E-state index in [1.807, 2.05) is 0 Å². The van der Waals surface area contributed by atoms with E-state index in [9.17, 15) is 19.2 Å². The highest BCUT2D eigenvalue weighted by Gasteiger charge is 2.13. The minimum absolute atomic E-state index is 0.141. The number of hydrogen-bond donors (Lipinski definition) is 3. The van der Waals surface area contributed by atoms with E-state index in [0.29, 0.717) is 5.69 Å². The fourth-order valence-electron chi connectivity index (χ4n) is 2.92. The Labute approximate surface area is 169 Å². The van der Waals surface area contributed by atoms with Crippen molar-refractivity contribution in [3.05, 3.63) is 105 Å². The number of rotatable bonds is 3. The van der Waals surface area contributed by atoms with Crippen LogP contribution in [0.4, 0.5) is 0 Å². The number of carbonyl (C=O) groups is 2. The summed E-state index contributed by atoms with van der Waals surface area (Å²) in [4.78, 5) is 56.1. The third-order valence-corrected chi connectivity index (χ3v) is 4.36. The van der Waals surface area contributed by atoms with E-state index in [1.165, 1.54) is 30.5 Å². The number of para-hydroxylation sites is 1. The summed E-state index contributed by atoms with van der Waals surface area (Å²) >= 11 is 0. The number of carbonyl (C=O) groups excluding carboxylic acids is 2. The smallest absolute Gasteiger partial charge is 0.306 e. The van der Waals surface area contributed by atoms with E-state index in [1.54, 1.807) is 42.5 Å². The van der Waals surface area contributed by atoms with Gasteiger partial charge in [0.05, 0.1) is 16.6 Å². The van der Waals surface area contributed by atoms with E-state index in [4.69, 9.17) is 0 Å². The molecule has 2 heterocycles. The van der Waals surface area contributed by atoms with Gasteiger partial charge in [-0.15, -0.1) is 0 Å². The number of benzene rings is 2. The molecular weight excluding hydrogens is 386 g/mol. The zero-order valence-electron chi connectivity index (χ0n) is 15.5. The topological polar surface area (TPSA) is 126 Å². The second-order valence-corrected chi connectivity index (χ2v) is 6.29. The van der Waals surface area contributed by atoms with Gasteiger partial charge >= 0.3 is 5.69 Å². The first-order chi connectivity index (χ1) is 14.5. The summed E-state index contributed by atoms with van der Waals surface area (Å²) in [5.74, 6) is -1.20. The molecule has 2 amide bonds. The molecule has 2 aromatic heterocycles. The van der Waals surface area contributed by atoms with Gasteiger partial charge in [0.2, 0.25) is 0 Å². The molecule has 0 spiro atoms. The highest BCUT2D eigenvalue weighted by Crippen LogP contribution is 2.10. The van der Waals surface area contributed by atoms with Gasteiger partial charge in [-0.2, -0.15) is 0 Å². The van der Waals surface area contributed by atoms with Crippen LogP contribution in [0.3, 0.4) is 0 Å². The Balaban J connectivity index is 1.61. The van der Waals surface area contributed by atoms with Crippen LogP contribution in [0, 0.1) is 0 Å². The molecule has 0 saturated carbocycles. The molecule has 0 saturated heterocycles. The van der Waals surface area contributed by atoms with Crippen LogP contribution in [0.25, 0.3) is 16.6 Å². The van der Waals surface area contributed by atoms with E-state index >= 15 is 0 Å². The highest BCUT2D eigenvalue weighted by molar-refractivity contribution is 6.00. The van der Waals surface area contributed by atoms with Gasteiger partial charge in [0.25, 0.3) is 17.4 Å². The highest BCUT2D eigenvalue weighted by atomic mass is 16.2. The van der Waals surface area contributed by atoms with Gasteiger partial charge < -0.3 is 4.98 Å². The molecule has 0 bridgehead atoms. The van der Waals surface area contributed by atoms with E-state index in [0.717, 1.165) is 4.57 Å². The van der Waals surface area contributed by atoms with Crippen LogP contribution in [-0.4, -0.2) is 26.3 Å². The van der Waals surface area contributed by atoms with Crippen molar-refractivity contribution in [1.29, 1.82) is 0 Å². The van der Waals surface area contributed by atoms with Gasteiger partial charge in [-0.25, -0.2) is 9.36 Å². The molecule has 0 fully saturated rings. The van der Waals surface area contributed by atoms with Crippen LogP contribution in [0.15, 0.2) is 82.5 Å². The van der Waals surface area contributed by atoms with Crippen LogP contribution >= 0.6 is 0 Å². The third-order valence-electron chi connectivity index (χ3n) is 4.36. The number of H-pyrrole nitrogens is 1. The molecule has 148 valence electrons. The van der Waals surface area contributed by atoms with Gasteiger partial charge in [0.1, 0.15) is 5.69 Å². The lowest BCUT2D eigenvalue weighted by Gasteiger charge is -2.09. The molecule has 30 heavy (non-hydrogen) atoms. The normalized spacial score (nSPS) is 10.5. The van der Waals surface area contributed by atoms with E-state index in [-0.39, 0.29) is 22.2 Å². The summed E-state index contributed by atoms with van der Waals surface area (Å²) < 4.78 is 1.02. The Hall–Kier alpha value is -4.53. The first-order valence-electron chi connectivity index (χ1n) is 8.91. The number of aromatic amines is 1. The number of fused-ring (bicyclic) bond motifs is 1. The second-order valence-electron chi connectivity index (χ2n) is 6.29. The molecule has 0 atom stereocenters. The maximum absolute atomic E-state index is 12.8. The standard InChI is InChI=1S/C21H15N5O4/c27-18(24-25-19(28)16-8-4-5-11-22-16)13-9-10-15-17(12-13)23-21(30)26(20(15)29)14-6-2-1-3-7-14/h1-12H,(H,23,30)(H,24,27)(H,25,28). The first-order valence-corrected chi connectivity index (χ1v) is 8.91. The van der Waals surface area contributed by atoms with E-state index in [2.05, 4.69) is 20.8 Å². The average Bonchev–Trinajstić information content (AvgIpc) is 2.78. The summed E-state index contributed by atoms with van der Waals surface area (Å²) in [5, 5.41) is 0.243. The number of nitrogens with zero attached hydrogens (tertiary/aromatic N) is 2. The molecule has 0 radical (unpaired) electrons. The predicted octanol–water partition coefficient (Wildman–Crippen LogP) is 1.15. The van der Waals surface area contributed by atoms with Crippen molar-refractivity contribution in [1.82, 2.24) is 25.4 Å². The van der Waals surface area contributed by atoms with Crippen molar-refractivity contribution >= 4 is 22.7 Å². The largest absolute Gasteiger partial charge is 0.333 e. The molecule has 3 N–H and O–H groups in total. The van der Waals surface area contributed by atoms with Crippen molar-refractivity contribution in [2.75, 3.05) is 0 Å². The van der Waals surface area contributed by atoms with Gasteiger partial charge in [-0.3, -0.25) is 30.2 Å². The molecule has 2 aromatic carbocycles. The Morgan fingerprint density at radius 3 is 2.33 bits per heavy atom. The monoisotopic (exact) mass is 401 g/mol. The molecule has 0 aliphatic rings. The van der Waals surface area contributed by atoms with Crippen LogP contribution < -0.4 is 22.1 Å². The van der Waals surface area contributed by atoms with Crippen LogP contribution in [-0.2, 0) is 0 Å². The van der Waals surface area contributed by atoms with E-state index < -0.39 is 23.1 Å². The minimum Gasteiger partial charge on any atom is -0.306 e. The Kier molecular flexibility index (Phi) is 4.92. The zero-order valence-corrected chi connectivity index (χ0v) is 15.5. The molecule has 0 aliphatic heterocycles. The number of pyridine rings is 1. The summed E-state index contributed by atoms with van der Waals surface area (Å²) in [6.07, 6.45) is 1.46. The Bertz CT molecular complexity index is 1360. The fourth-order valence-corrected chi connectivity index (χ4v) is 2.92. The minimum atomic E-state index is -0.625. The van der Waals surface area contributed by atoms with Gasteiger partial charge in [0, 0.05) is 11.8 Å². The number of hydrogen-bond acceptors (Lipinski definition) is 5. The Morgan fingerprint density at radius 1 is 0.867 bits per heavy atom. The summed E-state index contributed by atoms with van der Waals surface area (Å²) in [7, 11) is 0. The molecule has 9 nitrogen and oxygen atoms in total. The fraction of sp³-hybridized carbons (Fsp3) is 0. The maximum atomic E-state index is 12.8. The first kappa shape index (κ1) is 18.8. The predicted molar refractivity (Wildman–Crippen MR) is 109 cm³/mol. The van der Waals surface area contributed by atoms with Crippen LogP contribution in [0.2, 0.25) is 0 Å². The Morgan fingerprint density at radius 2 is 1.60 bits per heavy atom. The lowest BCUT2D eigenvalue weighted by atomic mass is 10.1. The van der Waals surface area contributed by atoms with Crippen molar-refractivity contribution in [3.8, 4) is 5.69 Å². The second kappa shape index (κ2) is 7.84. The van der Waals surface area contributed by atoms with Crippen molar-refractivity contribution in [2.24, 2.45) is 0 Å². The number of hydrazine groups is 1. The number of aromatic nitrogens is 3. The van der Waals surface area contributed by atoms with Crippen molar-refractivity contribution in [3.63, 3.8) is 0 Å². The summed E-state index contributed by atoms with van der Waals surface area (Å²) in [6, 6.07) is 17.6. The summed E-state index contributed by atoms with van der Waals surface area (Å²) in [6.45, 7) is 0. The van der Waals surface area contributed by atoms with Crippen molar-refractivity contribution < 1.29 is 9.59 Å². The lowest BCUT2D eigenvalue weighted by molar-refractivity contribution is 0.0844. The molecule has 0 unspecified atom stereocenters. The number of amides is 2. The quantitative estimate of drug-likeness (QED) is 0.444. The SMILES string of the molecule is O=C(NNC(=O)c1ccccn1)c1ccc2c(=O)n(-c3ccccc3)c(=O)[nH]c2c1. The average molecular weight is 401 g/mol. The van der Waals surface area contributed by atoms with Crippen molar-refractivity contribution in [2.45, 2.75) is 0 Å². The van der Waals surface area contributed by atoms with Gasteiger partial charge in [0.15, 0.2) is 0 Å². The van der Waals surface area contributed by atoms with Crippen LogP contribution in [0.5, 0.6) is 0 Å². The summed E-state index contributed by atoms with van der Waals surface area (Å²) in [5.41, 5.74) is 4.34.